The Morgan fingerprint density at radius 2 is 1.57 bits per heavy atom. The van der Waals surface area contributed by atoms with Gasteiger partial charge < -0.3 is 10.3 Å². The molecular formula is C32H26F2N4O2. The number of benzene rings is 2. The van der Waals surface area contributed by atoms with Gasteiger partial charge in [0.05, 0.1) is 12.1 Å². The molecule has 0 spiro atoms. The summed E-state index contributed by atoms with van der Waals surface area (Å²) in [6.45, 7) is 1.24. The molecule has 0 atom stereocenters. The fourth-order valence-corrected chi connectivity index (χ4v) is 4.56. The zero-order valence-corrected chi connectivity index (χ0v) is 21.8. The largest absolute Gasteiger partial charge is 0.383 e. The molecule has 5 rings (SSSR count). The Labute approximate surface area is 229 Å². The van der Waals surface area contributed by atoms with Crippen LogP contribution in [0.3, 0.4) is 0 Å². The highest BCUT2D eigenvalue weighted by molar-refractivity contribution is 5.98. The van der Waals surface area contributed by atoms with Gasteiger partial charge in [-0.25, -0.2) is 13.8 Å². The minimum atomic E-state index is -0.666. The van der Waals surface area contributed by atoms with Crippen molar-refractivity contribution < 1.29 is 13.6 Å². The molecule has 0 fully saturated rings. The van der Waals surface area contributed by atoms with E-state index in [-0.39, 0.29) is 24.1 Å². The molecule has 0 unspecified atom stereocenters. The number of alkyl halides is 1. The summed E-state index contributed by atoms with van der Waals surface area (Å²) in [4.78, 5) is 35.1. The second-order valence-corrected chi connectivity index (χ2v) is 9.49. The van der Waals surface area contributed by atoms with Crippen LogP contribution in [0.5, 0.6) is 0 Å². The lowest BCUT2D eigenvalue weighted by Gasteiger charge is -2.12. The normalized spacial score (nSPS) is 11.0. The number of carbonyl (C=O) groups is 1. The van der Waals surface area contributed by atoms with Crippen molar-refractivity contribution in [1.82, 2.24) is 14.5 Å². The van der Waals surface area contributed by atoms with Crippen LogP contribution in [-0.4, -0.2) is 27.0 Å². The lowest BCUT2D eigenvalue weighted by atomic mass is 9.97. The minimum absolute atomic E-state index is 0.0168. The molecule has 2 aromatic carbocycles. The maximum atomic E-state index is 13.4. The number of nitrogen functional groups attached to an aromatic ring is 1. The summed E-state index contributed by atoms with van der Waals surface area (Å²) < 4.78 is 28.0. The summed E-state index contributed by atoms with van der Waals surface area (Å²) >= 11 is 0. The number of ketones is 1. The average Bonchev–Trinajstić information content (AvgIpc) is 2.95. The minimum Gasteiger partial charge on any atom is -0.383 e. The number of aryl methyl sites for hydroxylation is 2. The van der Waals surface area contributed by atoms with Crippen molar-refractivity contribution in [2.45, 2.75) is 19.9 Å². The summed E-state index contributed by atoms with van der Waals surface area (Å²) in [5.74, 6) is -0.463. The fourth-order valence-electron chi connectivity index (χ4n) is 4.56. The molecule has 0 amide bonds. The van der Waals surface area contributed by atoms with Gasteiger partial charge in [0.25, 0.3) is 0 Å². The van der Waals surface area contributed by atoms with E-state index in [4.69, 9.17) is 5.73 Å². The Morgan fingerprint density at radius 3 is 2.27 bits per heavy atom. The molecule has 5 aromatic rings. The van der Waals surface area contributed by atoms with E-state index in [2.05, 4.69) is 9.97 Å². The van der Waals surface area contributed by atoms with Crippen LogP contribution >= 0.6 is 0 Å². The van der Waals surface area contributed by atoms with Crippen LogP contribution in [0.2, 0.25) is 0 Å². The summed E-state index contributed by atoms with van der Waals surface area (Å²) in [7, 11) is 0. The second kappa shape index (κ2) is 11.4. The molecule has 0 bridgehead atoms. The highest BCUT2D eigenvalue weighted by Crippen LogP contribution is 2.30. The fraction of sp³-hybridized carbons (Fsp3) is 0.125. The smallest absolute Gasteiger partial charge is 0.200 e. The number of carbonyl (C=O) groups excluding carboxylic acids is 1. The van der Waals surface area contributed by atoms with Crippen LogP contribution in [0.4, 0.5) is 14.6 Å². The lowest BCUT2D eigenvalue weighted by molar-refractivity contribution is 0.0991. The Hall–Kier alpha value is -4.98. The average molecular weight is 537 g/mol. The van der Waals surface area contributed by atoms with Gasteiger partial charge in [0.2, 0.25) is 0 Å². The maximum Gasteiger partial charge on any atom is 0.200 e. The summed E-state index contributed by atoms with van der Waals surface area (Å²) in [6.07, 6.45) is 6.30. The lowest BCUT2D eigenvalue weighted by Crippen LogP contribution is -2.21. The van der Waals surface area contributed by atoms with Gasteiger partial charge in [-0.2, -0.15) is 0 Å². The van der Waals surface area contributed by atoms with E-state index < -0.39 is 23.7 Å². The molecule has 0 saturated carbocycles. The molecular weight excluding hydrogens is 510 g/mol. The van der Waals surface area contributed by atoms with Gasteiger partial charge in [-0.05, 0) is 59.5 Å². The van der Waals surface area contributed by atoms with Crippen LogP contribution in [0.15, 0.2) is 96.3 Å². The van der Waals surface area contributed by atoms with Gasteiger partial charge in [0.15, 0.2) is 11.2 Å². The zero-order chi connectivity index (χ0) is 28.2. The molecule has 0 aliphatic heterocycles. The predicted octanol–water partition coefficient (Wildman–Crippen LogP) is 6.06. The van der Waals surface area contributed by atoms with Crippen molar-refractivity contribution in [3.05, 3.63) is 124 Å². The van der Waals surface area contributed by atoms with Crippen molar-refractivity contribution in [1.29, 1.82) is 0 Å². The van der Waals surface area contributed by atoms with E-state index in [1.165, 1.54) is 41.2 Å². The molecule has 0 saturated heterocycles. The third kappa shape index (κ3) is 5.71. The molecule has 0 radical (unpaired) electrons. The van der Waals surface area contributed by atoms with E-state index >= 15 is 0 Å². The Kier molecular flexibility index (Phi) is 7.59. The predicted molar refractivity (Wildman–Crippen MR) is 152 cm³/mol. The molecule has 3 aromatic heterocycles. The first-order valence-corrected chi connectivity index (χ1v) is 12.7. The number of anilines is 1. The maximum absolute atomic E-state index is 13.4. The number of nitrogens with zero attached hydrogens (tertiary/aromatic N) is 3. The number of pyridine rings is 3. The van der Waals surface area contributed by atoms with Gasteiger partial charge in [0.1, 0.15) is 18.3 Å². The Balaban J connectivity index is 1.42. The molecule has 40 heavy (non-hydrogen) atoms. The number of Topliss-reactive ketones (excluding diaryl/α,β-unsaturated/α-hetero) is 1. The SMILES string of the molecule is Cc1cc(-c2cnc(N)c(-c3ccc(CC(=O)c4cn(CCF)cc(-c5ccc(F)cc5)c4=O)cc3)c2)ccn1. The van der Waals surface area contributed by atoms with Gasteiger partial charge in [0, 0.05) is 53.6 Å². The Morgan fingerprint density at radius 1 is 0.875 bits per heavy atom. The van der Waals surface area contributed by atoms with Crippen molar-refractivity contribution in [3.8, 4) is 33.4 Å². The first kappa shape index (κ1) is 26.6. The summed E-state index contributed by atoms with van der Waals surface area (Å²) in [6, 6.07) is 18.6. The van der Waals surface area contributed by atoms with E-state index in [1.807, 2.05) is 37.3 Å². The van der Waals surface area contributed by atoms with Gasteiger partial charge in [-0.3, -0.25) is 14.6 Å². The summed E-state index contributed by atoms with van der Waals surface area (Å²) in [5, 5.41) is 0. The monoisotopic (exact) mass is 536 g/mol. The zero-order valence-electron chi connectivity index (χ0n) is 21.8. The van der Waals surface area contributed by atoms with Crippen LogP contribution < -0.4 is 11.2 Å². The van der Waals surface area contributed by atoms with Crippen molar-refractivity contribution in [2.24, 2.45) is 0 Å². The number of aromatic nitrogens is 3. The Bertz CT molecular complexity index is 1750. The topological polar surface area (TPSA) is 90.9 Å². The standard InChI is InChI=1S/C32H26F2N4O2/c1-20-14-24(10-12-36-20)25-16-27(32(35)37-17-25)22-4-2-21(3-5-22)15-30(39)29-19-38(13-11-33)18-28(31(29)40)23-6-8-26(34)9-7-23/h2-10,12,14,16-19H,11,13,15H2,1H3,(H2,35,37). The second-order valence-electron chi connectivity index (χ2n) is 9.49. The molecule has 3 heterocycles. The van der Waals surface area contributed by atoms with Crippen molar-refractivity contribution in [3.63, 3.8) is 0 Å². The number of halogens is 2. The van der Waals surface area contributed by atoms with Crippen LogP contribution in [0.25, 0.3) is 33.4 Å². The van der Waals surface area contributed by atoms with Crippen LogP contribution in [0.1, 0.15) is 21.6 Å². The molecule has 0 aliphatic rings. The third-order valence-electron chi connectivity index (χ3n) is 6.66. The molecule has 2 N–H and O–H groups in total. The molecule has 200 valence electrons. The number of hydrogen-bond donors (Lipinski definition) is 1. The molecule has 0 aliphatic carbocycles. The number of rotatable bonds is 8. The summed E-state index contributed by atoms with van der Waals surface area (Å²) in [5.41, 5.74) is 11.4. The molecule has 6 nitrogen and oxygen atoms in total. The van der Waals surface area contributed by atoms with Gasteiger partial charge in [-0.15, -0.1) is 0 Å². The van der Waals surface area contributed by atoms with Crippen molar-refractivity contribution >= 4 is 11.6 Å². The number of hydrogen-bond acceptors (Lipinski definition) is 5. The van der Waals surface area contributed by atoms with E-state index in [0.717, 1.165) is 27.9 Å². The highest BCUT2D eigenvalue weighted by atomic mass is 19.1. The first-order chi connectivity index (χ1) is 19.3. The van der Waals surface area contributed by atoms with Crippen LogP contribution in [0, 0.1) is 12.7 Å². The van der Waals surface area contributed by atoms with E-state index in [1.54, 1.807) is 24.5 Å². The third-order valence-corrected chi connectivity index (χ3v) is 6.66. The van der Waals surface area contributed by atoms with E-state index in [0.29, 0.717) is 16.9 Å². The highest BCUT2D eigenvalue weighted by Gasteiger charge is 2.17. The number of nitrogens with two attached hydrogens (primary N) is 1. The van der Waals surface area contributed by atoms with Gasteiger partial charge in [-0.1, -0.05) is 36.4 Å². The van der Waals surface area contributed by atoms with E-state index in [9.17, 15) is 18.4 Å². The quantitative estimate of drug-likeness (QED) is 0.243. The van der Waals surface area contributed by atoms with Gasteiger partial charge >= 0.3 is 0 Å². The van der Waals surface area contributed by atoms with Crippen LogP contribution in [-0.2, 0) is 13.0 Å². The first-order valence-electron chi connectivity index (χ1n) is 12.7. The van der Waals surface area contributed by atoms with Crippen molar-refractivity contribution in [2.75, 3.05) is 12.4 Å². The molecule has 8 heteroatoms.